The van der Waals surface area contributed by atoms with Gasteiger partial charge in [0.05, 0.1) is 25.4 Å². The molecule has 0 bridgehead atoms. The third kappa shape index (κ3) is 4.02. The highest BCUT2D eigenvalue weighted by Gasteiger charge is 2.34. The van der Waals surface area contributed by atoms with Crippen LogP contribution in [0.3, 0.4) is 0 Å². The van der Waals surface area contributed by atoms with Crippen LogP contribution in [-0.2, 0) is 17.8 Å². The number of hydrogen-bond acceptors (Lipinski definition) is 5. The van der Waals surface area contributed by atoms with E-state index in [2.05, 4.69) is 10.4 Å². The molecule has 31 heavy (non-hydrogen) atoms. The fourth-order valence-electron chi connectivity index (χ4n) is 3.37. The van der Waals surface area contributed by atoms with Gasteiger partial charge in [0.25, 0.3) is 11.8 Å². The quantitative estimate of drug-likeness (QED) is 0.695. The third-order valence-electron chi connectivity index (χ3n) is 4.87. The first-order valence-corrected chi connectivity index (χ1v) is 9.67. The number of hydrogen-bond donors (Lipinski definition) is 1. The van der Waals surface area contributed by atoms with Crippen LogP contribution >= 0.6 is 0 Å². The van der Waals surface area contributed by atoms with E-state index in [1.54, 1.807) is 36.1 Å². The van der Waals surface area contributed by atoms with Crippen molar-refractivity contribution in [2.75, 3.05) is 11.9 Å². The Hall–Kier alpha value is -4.01. The van der Waals surface area contributed by atoms with Gasteiger partial charge in [0.15, 0.2) is 5.82 Å². The number of nitrogens with one attached hydrogen (secondary N) is 1. The predicted molar refractivity (Wildman–Crippen MR) is 109 cm³/mol. The molecule has 0 spiro atoms. The fraction of sp³-hybridized carbons (Fsp3) is 0.182. The molecule has 1 aliphatic heterocycles. The molecule has 2 heterocycles. The monoisotopic (exact) mass is 422 g/mol. The highest BCUT2D eigenvalue weighted by molar-refractivity contribution is 6.04. The van der Waals surface area contributed by atoms with Crippen molar-refractivity contribution in [1.29, 1.82) is 0 Å². The van der Waals surface area contributed by atoms with E-state index in [1.807, 2.05) is 6.07 Å². The number of halogens is 1. The number of fused-ring (bicyclic) bond motifs is 1. The van der Waals surface area contributed by atoms with Crippen molar-refractivity contribution in [3.63, 3.8) is 0 Å². The normalized spacial score (nSPS) is 12.4. The molecule has 2 aromatic carbocycles. The van der Waals surface area contributed by atoms with Gasteiger partial charge in [0.2, 0.25) is 0 Å². The van der Waals surface area contributed by atoms with Crippen LogP contribution < -0.4 is 5.32 Å². The van der Waals surface area contributed by atoms with E-state index in [0.29, 0.717) is 16.8 Å². The first-order chi connectivity index (χ1) is 15.0. The minimum Gasteiger partial charge on any atom is -0.448 e. The number of nitrogens with zero attached hydrogens (tertiary/aromatic N) is 3. The van der Waals surface area contributed by atoms with E-state index in [0.717, 1.165) is 4.68 Å². The molecule has 9 heteroatoms. The van der Waals surface area contributed by atoms with Crippen LogP contribution in [0.4, 0.5) is 15.0 Å². The highest BCUT2D eigenvalue weighted by atomic mass is 19.1. The largest absolute Gasteiger partial charge is 0.448 e. The van der Waals surface area contributed by atoms with Crippen LogP contribution in [0.15, 0.2) is 54.6 Å². The van der Waals surface area contributed by atoms with Gasteiger partial charge in [0.1, 0.15) is 5.82 Å². The molecular formula is C22H19FN4O4. The van der Waals surface area contributed by atoms with Gasteiger partial charge in [-0.1, -0.05) is 18.2 Å². The second-order valence-electron chi connectivity index (χ2n) is 6.87. The van der Waals surface area contributed by atoms with Crippen LogP contribution in [0.5, 0.6) is 0 Å². The molecule has 158 valence electrons. The molecule has 1 aliphatic rings. The molecule has 4 rings (SSSR count). The van der Waals surface area contributed by atoms with Crippen LogP contribution in [0, 0.1) is 5.82 Å². The summed E-state index contributed by atoms with van der Waals surface area (Å²) in [5.41, 5.74) is 1.76. The summed E-state index contributed by atoms with van der Waals surface area (Å²) in [6, 6.07) is 13.8. The third-order valence-corrected chi connectivity index (χ3v) is 4.87. The predicted octanol–water partition coefficient (Wildman–Crippen LogP) is 3.44. The van der Waals surface area contributed by atoms with Crippen molar-refractivity contribution in [3.8, 4) is 0 Å². The van der Waals surface area contributed by atoms with Crippen molar-refractivity contribution < 1.29 is 23.5 Å². The number of anilines is 1. The summed E-state index contributed by atoms with van der Waals surface area (Å²) in [5, 5.41) is 6.85. The van der Waals surface area contributed by atoms with E-state index < -0.39 is 17.8 Å². The van der Waals surface area contributed by atoms with Crippen LogP contribution in [-0.4, -0.2) is 39.2 Å². The van der Waals surface area contributed by atoms with Gasteiger partial charge in [-0.3, -0.25) is 9.59 Å². The maximum Gasteiger partial charge on any atom is 0.435 e. The minimum atomic E-state index is -0.699. The summed E-state index contributed by atoms with van der Waals surface area (Å²) in [7, 11) is 0. The molecule has 8 nitrogen and oxygen atoms in total. The number of ether oxygens (including phenoxy) is 1. The van der Waals surface area contributed by atoms with E-state index in [9.17, 15) is 18.8 Å². The molecule has 0 unspecified atom stereocenters. The zero-order chi connectivity index (χ0) is 22.0. The lowest BCUT2D eigenvalue weighted by Crippen LogP contribution is -2.27. The Morgan fingerprint density at radius 3 is 2.42 bits per heavy atom. The van der Waals surface area contributed by atoms with Crippen molar-refractivity contribution in [2.45, 2.75) is 20.0 Å². The molecule has 0 atom stereocenters. The van der Waals surface area contributed by atoms with Gasteiger partial charge < -0.3 is 15.0 Å². The second-order valence-corrected chi connectivity index (χ2v) is 6.87. The molecule has 0 saturated heterocycles. The van der Waals surface area contributed by atoms with E-state index in [1.165, 1.54) is 24.3 Å². The topological polar surface area (TPSA) is 93.5 Å². The maximum atomic E-state index is 13.1. The lowest BCUT2D eigenvalue weighted by molar-refractivity contribution is 0.0747. The molecule has 0 fully saturated rings. The summed E-state index contributed by atoms with van der Waals surface area (Å²) in [6.45, 7) is 2.13. The van der Waals surface area contributed by atoms with Gasteiger partial charge in [-0.2, -0.15) is 4.68 Å². The summed E-state index contributed by atoms with van der Waals surface area (Å²) < 4.78 is 19.3. The van der Waals surface area contributed by atoms with Gasteiger partial charge in [-0.25, -0.2) is 9.18 Å². The molecule has 0 aliphatic carbocycles. The number of rotatable bonds is 4. The van der Waals surface area contributed by atoms with E-state index >= 15 is 0 Å². The number of amides is 2. The lowest BCUT2D eigenvalue weighted by Gasteiger charge is -2.16. The van der Waals surface area contributed by atoms with Crippen molar-refractivity contribution >= 4 is 23.7 Å². The first-order valence-electron chi connectivity index (χ1n) is 9.67. The Kier molecular flexibility index (Phi) is 5.48. The lowest BCUT2D eigenvalue weighted by atomic mass is 10.2. The molecule has 0 radical (unpaired) electrons. The second kappa shape index (κ2) is 8.39. The molecule has 1 aromatic heterocycles. The van der Waals surface area contributed by atoms with Crippen LogP contribution in [0.2, 0.25) is 0 Å². The molecular weight excluding hydrogens is 403 g/mol. The zero-order valence-electron chi connectivity index (χ0n) is 16.7. The molecule has 1 N–H and O–H groups in total. The summed E-state index contributed by atoms with van der Waals surface area (Å²) >= 11 is 0. The highest BCUT2D eigenvalue weighted by Crippen LogP contribution is 2.31. The zero-order valence-corrected chi connectivity index (χ0v) is 16.7. The Bertz CT molecular complexity index is 1140. The van der Waals surface area contributed by atoms with Gasteiger partial charge in [-0.05, 0) is 43.3 Å². The van der Waals surface area contributed by atoms with Crippen molar-refractivity contribution in [2.24, 2.45) is 0 Å². The Morgan fingerprint density at radius 1 is 1.03 bits per heavy atom. The number of aromatic nitrogens is 2. The fourth-order valence-corrected chi connectivity index (χ4v) is 3.37. The van der Waals surface area contributed by atoms with Gasteiger partial charge in [-0.15, -0.1) is 5.10 Å². The van der Waals surface area contributed by atoms with Crippen molar-refractivity contribution in [1.82, 2.24) is 14.7 Å². The maximum absolute atomic E-state index is 13.1. The average molecular weight is 422 g/mol. The Balaban J connectivity index is 1.63. The summed E-state index contributed by atoms with van der Waals surface area (Å²) in [5.74, 6) is -1.02. The van der Waals surface area contributed by atoms with Crippen LogP contribution in [0.25, 0.3) is 0 Å². The van der Waals surface area contributed by atoms with Crippen molar-refractivity contribution in [3.05, 3.63) is 82.8 Å². The smallest absolute Gasteiger partial charge is 0.435 e. The Morgan fingerprint density at radius 2 is 1.74 bits per heavy atom. The molecule has 3 aromatic rings. The van der Waals surface area contributed by atoms with Gasteiger partial charge in [0, 0.05) is 16.7 Å². The SMILES string of the molecule is CCOC(=O)n1nc(NC(=O)c2ccc(F)cc2)c2c1CN(C(=O)c1ccccc1)C2. The number of carbonyl (C=O) groups excluding carboxylic acids is 3. The molecule has 0 saturated carbocycles. The molecule has 2 amide bonds. The summed E-state index contributed by atoms with van der Waals surface area (Å²) in [6.07, 6.45) is -0.699. The number of carbonyl (C=O) groups is 3. The first kappa shape index (κ1) is 20.3. The van der Waals surface area contributed by atoms with E-state index in [-0.39, 0.29) is 37.0 Å². The average Bonchev–Trinajstić information content (AvgIpc) is 3.35. The van der Waals surface area contributed by atoms with Crippen LogP contribution in [0.1, 0.15) is 38.9 Å². The minimum absolute atomic E-state index is 0.140. The van der Waals surface area contributed by atoms with E-state index in [4.69, 9.17) is 4.74 Å². The number of benzene rings is 2. The van der Waals surface area contributed by atoms with Gasteiger partial charge >= 0.3 is 6.09 Å². The standard InChI is InChI=1S/C22H19FN4O4/c1-2-31-22(30)27-18-13-26(21(29)15-6-4-3-5-7-15)12-17(18)19(25-27)24-20(28)14-8-10-16(23)11-9-14/h3-11H,2,12-13H2,1H3,(H,24,25,28). The Labute approximate surface area is 177 Å². The summed E-state index contributed by atoms with van der Waals surface area (Å²) in [4.78, 5) is 39.4.